The first-order chi connectivity index (χ1) is 16.4. The van der Waals surface area contributed by atoms with Crippen LogP contribution in [0.1, 0.15) is 104 Å². The van der Waals surface area contributed by atoms with Crippen molar-refractivity contribution in [2.45, 2.75) is 92.9 Å². The fourth-order valence-corrected chi connectivity index (χ4v) is 4.68. The smallest absolute Gasteiger partial charge is 0.0852 e. The summed E-state index contributed by atoms with van der Waals surface area (Å²) in [6.07, 6.45) is 17.5. The number of aliphatic imine (C=N–C) groups is 2. The Hall–Kier alpha value is -2.55. The molecule has 34 heavy (non-hydrogen) atoms. The highest BCUT2D eigenvalue weighted by molar-refractivity contribution is 6.03. The third-order valence-electron chi connectivity index (χ3n) is 6.84. The first-order valence-electron chi connectivity index (χ1n) is 13.3. The molecule has 0 unspecified atom stereocenters. The van der Waals surface area contributed by atoms with Gasteiger partial charge in [-0.1, -0.05) is 70.9 Å². The molecule has 1 heterocycles. The summed E-state index contributed by atoms with van der Waals surface area (Å²) in [5.41, 5.74) is 9.19. The van der Waals surface area contributed by atoms with Crippen molar-refractivity contribution in [1.82, 2.24) is 4.98 Å². The van der Waals surface area contributed by atoms with Gasteiger partial charge in [-0.15, -0.1) is 0 Å². The van der Waals surface area contributed by atoms with Gasteiger partial charge in [0, 0.05) is 23.2 Å². The second-order valence-corrected chi connectivity index (χ2v) is 9.95. The lowest BCUT2D eigenvalue weighted by Gasteiger charge is -2.19. The molecule has 0 spiro atoms. The van der Waals surface area contributed by atoms with Crippen LogP contribution in [-0.4, -0.2) is 16.4 Å². The van der Waals surface area contributed by atoms with Crippen LogP contribution in [0.15, 0.2) is 75.0 Å². The molecule has 2 aliphatic rings. The summed E-state index contributed by atoms with van der Waals surface area (Å²) in [6.45, 7) is 13.4. The number of nitrogens with zero attached hydrogens (tertiary/aromatic N) is 3. The van der Waals surface area contributed by atoms with Crippen molar-refractivity contribution in [1.29, 1.82) is 0 Å². The molecule has 3 nitrogen and oxygen atoms in total. The highest BCUT2D eigenvalue weighted by Crippen LogP contribution is 2.28. The summed E-state index contributed by atoms with van der Waals surface area (Å²) in [6, 6.07) is 6.40. The largest absolute Gasteiger partial charge is 0.255 e. The van der Waals surface area contributed by atoms with Crippen LogP contribution < -0.4 is 0 Å². The van der Waals surface area contributed by atoms with Gasteiger partial charge in [-0.2, -0.15) is 0 Å². The Balaban J connectivity index is 2.05. The van der Waals surface area contributed by atoms with E-state index in [1.54, 1.807) is 0 Å². The summed E-state index contributed by atoms with van der Waals surface area (Å²) in [5.74, 6) is 0.893. The van der Waals surface area contributed by atoms with Gasteiger partial charge >= 0.3 is 0 Å². The molecule has 0 bridgehead atoms. The summed E-state index contributed by atoms with van der Waals surface area (Å²) >= 11 is 0. The van der Waals surface area contributed by atoms with Crippen molar-refractivity contribution >= 4 is 11.4 Å². The molecule has 0 amide bonds. The van der Waals surface area contributed by atoms with Gasteiger partial charge < -0.3 is 0 Å². The van der Waals surface area contributed by atoms with Gasteiger partial charge in [-0.3, -0.25) is 9.98 Å². The predicted octanol–water partition coefficient (Wildman–Crippen LogP) is 8.78. The first-order valence-corrected chi connectivity index (χ1v) is 13.3. The Morgan fingerprint density at radius 2 is 1.24 bits per heavy atom. The lowest BCUT2D eigenvalue weighted by atomic mass is 9.94. The molecule has 2 atom stereocenters. The quantitative estimate of drug-likeness (QED) is 0.323. The van der Waals surface area contributed by atoms with Crippen LogP contribution in [-0.2, 0) is 0 Å². The minimum Gasteiger partial charge on any atom is -0.255 e. The average Bonchev–Trinajstić information content (AvgIpc) is 2.83. The van der Waals surface area contributed by atoms with E-state index in [0.717, 1.165) is 74.2 Å². The zero-order valence-corrected chi connectivity index (χ0v) is 22.2. The molecular weight excluding hydrogens is 414 g/mol. The minimum atomic E-state index is 0.447. The summed E-state index contributed by atoms with van der Waals surface area (Å²) in [4.78, 5) is 15.6. The van der Waals surface area contributed by atoms with Crippen LogP contribution in [0.5, 0.6) is 0 Å². The topological polar surface area (TPSA) is 37.6 Å². The monoisotopic (exact) mass is 457 g/mol. The number of aromatic nitrogens is 1. The van der Waals surface area contributed by atoms with Gasteiger partial charge in [-0.25, -0.2) is 4.98 Å². The van der Waals surface area contributed by atoms with Crippen LogP contribution in [0.3, 0.4) is 0 Å². The van der Waals surface area contributed by atoms with Crippen molar-refractivity contribution in [3.8, 4) is 0 Å². The molecule has 0 radical (unpaired) electrons. The molecule has 182 valence electrons. The lowest BCUT2D eigenvalue weighted by Crippen LogP contribution is -2.13. The molecule has 1 aromatic rings. The fraction of sp³-hybridized carbons (Fsp3) is 0.516. The minimum absolute atomic E-state index is 0.447. The zero-order valence-electron chi connectivity index (χ0n) is 22.2. The van der Waals surface area contributed by atoms with Crippen molar-refractivity contribution in [2.24, 2.45) is 21.8 Å². The van der Waals surface area contributed by atoms with E-state index >= 15 is 0 Å². The number of hydrogen-bond donors (Lipinski definition) is 0. The van der Waals surface area contributed by atoms with Crippen LogP contribution in [0.4, 0.5) is 0 Å². The maximum Gasteiger partial charge on any atom is 0.0852 e. The maximum atomic E-state index is 5.23. The van der Waals surface area contributed by atoms with Gasteiger partial charge in [0.2, 0.25) is 0 Å². The van der Waals surface area contributed by atoms with E-state index in [1.165, 1.54) is 22.5 Å². The van der Waals surface area contributed by atoms with Crippen LogP contribution in [0.25, 0.3) is 0 Å². The Morgan fingerprint density at radius 3 is 1.62 bits per heavy atom. The molecule has 3 heteroatoms. The molecule has 3 rings (SSSR count). The standard InChI is InChI=1S/C31H43N3/c1-7-9-18-28(33-30-22(3)14-11-15-23(30)4)26-20-13-21-27(32-26)29(19-10-8-2)34-31-24(5)16-12-17-25(31)6/h11-14,16,20-21,23,25H,7-10,15,17-19H2,1-6H3/t23-,25+. The van der Waals surface area contributed by atoms with Crippen molar-refractivity contribution in [3.63, 3.8) is 0 Å². The van der Waals surface area contributed by atoms with Crippen molar-refractivity contribution in [2.75, 3.05) is 0 Å². The SMILES string of the molecule is CCCCC(=NC1=C(C)C=CC[C@H]1C)c1cccc(C(CCCC)=NC2=C(C)C=CC[C@@H]2C)n1. The third-order valence-corrected chi connectivity index (χ3v) is 6.84. The predicted molar refractivity (Wildman–Crippen MR) is 148 cm³/mol. The zero-order chi connectivity index (χ0) is 24.5. The van der Waals surface area contributed by atoms with E-state index in [1.807, 2.05) is 0 Å². The third kappa shape index (κ3) is 6.74. The van der Waals surface area contributed by atoms with Crippen molar-refractivity contribution < 1.29 is 0 Å². The van der Waals surface area contributed by atoms with Crippen LogP contribution in [0.2, 0.25) is 0 Å². The summed E-state index contributed by atoms with van der Waals surface area (Å²) < 4.78 is 0. The van der Waals surface area contributed by atoms with Gasteiger partial charge in [-0.05, 0) is 75.7 Å². The number of allylic oxidation sites excluding steroid dienone is 8. The second-order valence-electron chi connectivity index (χ2n) is 9.95. The van der Waals surface area contributed by atoms with E-state index in [9.17, 15) is 0 Å². The molecule has 0 fully saturated rings. The number of unbranched alkanes of at least 4 members (excludes halogenated alkanes) is 2. The van der Waals surface area contributed by atoms with Gasteiger partial charge in [0.1, 0.15) is 0 Å². The average molecular weight is 458 g/mol. The van der Waals surface area contributed by atoms with Crippen LogP contribution in [0, 0.1) is 11.8 Å². The molecule has 0 aliphatic heterocycles. The molecule has 0 saturated heterocycles. The number of pyridine rings is 1. The van der Waals surface area contributed by atoms with Gasteiger partial charge in [0.25, 0.3) is 0 Å². The molecule has 0 saturated carbocycles. The Morgan fingerprint density at radius 1 is 0.794 bits per heavy atom. The number of rotatable bonds is 10. The fourth-order valence-electron chi connectivity index (χ4n) is 4.68. The Labute approximate surface area is 207 Å². The lowest BCUT2D eigenvalue weighted by molar-refractivity contribution is 0.667. The summed E-state index contributed by atoms with van der Waals surface area (Å²) in [7, 11) is 0. The molecule has 1 aromatic heterocycles. The van der Waals surface area contributed by atoms with Gasteiger partial charge in [0.15, 0.2) is 0 Å². The highest BCUT2D eigenvalue weighted by Gasteiger charge is 2.18. The van der Waals surface area contributed by atoms with E-state index in [-0.39, 0.29) is 0 Å². The number of hydrogen-bond acceptors (Lipinski definition) is 3. The highest BCUT2D eigenvalue weighted by atomic mass is 14.9. The van der Waals surface area contributed by atoms with Crippen LogP contribution >= 0.6 is 0 Å². The molecular formula is C31H43N3. The first kappa shape index (κ1) is 26.1. The van der Waals surface area contributed by atoms with E-state index in [4.69, 9.17) is 15.0 Å². The Bertz CT molecular complexity index is 953. The summed E-state index contributed by atoms with van der Waals surface area (Å²) in [5, 5.41) is 0. The van der Waals surface area contributed by atoms with E-state index < -0.39 is 0 Å². The second kappa shape index (κ2) is 12.8. The molecule has 0 N–H and O–H groups in total. The van der Waals surface area contributed by atoms with E-state index in [2.05, 4.69) is 84.0 Å². The molecule has 0 aromatic carbocycles. The van der Waals surface area contributed by atoms with Gasteiger partial charge in [0.05, 0.1) is 22.8 Å². The maximum absolute atomic E-state index is 5.23. The molecule has 2 aliphatic carbocycles. The normalized spacial score (nSPS) is 21.6. The Kier molecular flexibility index (Phi) is 9.80. The van der Waals surface area contributed by atoms with E-state index in [0.29, 0.717) is 11.8 Å². The van der Waals surface area contributed by atoms with Crippen molar-refractivity contribution in [3.05, 3.63) is 76.4 Å².